The van der Waals surface area contributed by atoms with Crippen LogP contribution in [-0.4, -0.2) is 36.8 Å². The molecule has 1 aliphatic heterocycles. The molecular formula is C10H18N2O2. The molecule has 2 unspecified atom stereocenters. The smallest absolute Gasteiger partial charge is 0.224 e. The standard InChI is InChI=1S/C10H18N2O2/c13-9(7-1-2-7)6-12-10(14)8-3-4-11-5-8/h7-9,11,13H,1-6H2,(H,12,14). The highest BCUT2D eigenvalue weighted by molar-refractivity contribution is 5.79. The second-order valence-corrected chi connectivity index (χ2v) is 4.34. The summed E-state index contributed by atoms with van der Waals surface area (Å²) in [6, 6.07) is 0. The Morgan fingerprint density at radius 1 is 1.50 bits per heavy atom. The van der Waals surface area contributed by atoms with Crippen LogP contribution in [0.15, 0.2) is 0 Å². The number of nitrogens with one attached hydrogen (secondary N) is 2. The van der Waals surface area contributed by atoms with Crippen molar-refractivity contribution in [3.8, 4) is 0 Å². The SMILES string of the molecule is O=C(NCC(O)C1CC1)C1CCNC1. The van der Waals surface area contributed by atoms with Crippen molar-refractivity contribution in [2.24, 2.45) is 11.8 Å². The Hall–Kier alpha value is -0.610. The highest BCUT2D eigenvalue weighted by Crippen LogP contribution is 2.32. The van der Waals surface area contributed by atoms with Crippen molar-refractivity contribution in [1.82, 2.24) is 10.6 Å². The van der Waals surface area contributed by atoms with Gasteiger partial charge in [0, 0.05) is 13.1 Å². The molecule has 1 heterocycles. The topological polar surface area (TPSA) is 61.4 Å². The third-order valence-corrected chi connectivity index (χ3v) is 3.08. The molecule has 1 aliphatic carbocycles. The number of aliphatic hydroxyl groups is 1. The monoisotopic (exact) mass is 198 g/mol. The second kappa shape index (κ2) is 4.28. The first-order valence-corrected chi connectivity index (χ1v) is 5.44. The van der Waals surface area contributed by atoms with Crippen LogP contribution in [0.4, 0.5) is 0 Å². The fourth-order valence-corrected chi connectivity index (χ4v) is 1.88. The molecule has 2 atom stereocenters. The van der Waals surface area contributed by atoms with Crippen molar-refractivity contribution >= 4 is 5.91 Å². The molecule has 0 aromatic rings. The van der Waals surface area contributed by atoms with Gasteiger partial charge in [-0.15, -0.1) is 0 Å². The average molecular weight is 198 g/mol. The minimum absolute atomic E-state index is 0.0923. The van der Waals surface area contributed by atoms with Gasteiger partial charge in [0.25, 0.3) is 0 Å². The Kier molecular flexibility index (Phi) is 3.03. The third-order valence-electron chi connectivity index (χ3n) is 3.08. The molecular weight excluding hydrogens is 180 g/mol. The van der Waals surface area contributed by atoms with Crippen LogP contribution in [0.5, 0.6) is 0 Å². The van der Waals surface area contributed by atoms with Gasteiger partial charge in [0.2, 0.25) is 5.91 Å². The Balaban J connectivity index is 1.66. The van der Waals surface area contributed by atoms with E-state index in [1.807, 2.05) is 0 Å². The molecule has 1 saturated heterocycles. The summed E-state index contributed by atoms with van der Waals surface area (Å²) in [7, 11) is 0. The minimum atomic E-state index is -0.326. The van der Waals surface area contributed by atoms with Crippen molar-refractivity contribution < 1.29 is 9.90 Å². The lowest BCUT2D eigenvalue weighted by Crippen LogP contribution is -2.37. The fraction of sp³-hybridized carbons (Fsp3) is 0.900. The van der Waals surface area contributed by atoms with Crippen LogP contribution in [0, 0.1) is 11.8 Å². The van der Waals surface area contributed by atoms with Gasteiger partial charge in [0.1, 0.15) is 0 Å². The van der Waals surface area contributed by atoms with Crippen molar-refractivity contribution in [3.63, 3.8) is 0 Å². The van der Waals surface area contributed by atoms with E-state index in [1.165, 1.54) is 0 Å². The lowest BCUT2D eigenvalue weighted by Gasteiger charge is -2.13. The Morgan fingerprint density at radius 3 is 2.86 bits per heavy atom. The Morgan fingerprint density at radius 2 is 2.29 bits per heavy atom. The van der Waals surface area contributed by atoms with Gasteiger partial charge < -0.3 is 15.7 Å². The summed E-state index contributed by atoms with van der Waals surface area (Å²) < 4.78 is 0. The van der Waals surface area contributed by atoms with Gasteiger partial charge in [-0.2, -0.15) is 0 Å². The van der Waals surface area contributed by atoms with Gasteiger partial charge in [0.15, 0.2) is 0 Å². The summed E-state index contributed by atoms with van der Waals surface area (Å²) in [6.07, 6.45) is 2.82. The molecule has 2 fully saturated rings. The van der Waals surface area contributed by atoms with E-state index in [2.05, 4.69) is 10.6 Å². The lowest BCUT2D eigenvalue weighted by molar-refractivity contribution is -0.124. The predicted octanol–water partition coefficient (Wildman–Crippen LogP) is -0.517. The molecule has 4 heteroatoms. The summed E-state index contributed by atoms with van der Waals surface area (Å²) in [4.78, 5) is 11.5. The molecule has 1 saturated carbocycles. The van der Waals surface area contributed by atoms with E-state index in [-0.39, 0.29) is 17.9 Å². The second-order valence-electron chi connectivity index (χ2n) is 4.34. The molecule has 3 N–H and O–H groups in total. The molecule has 4 nitrogen and oxygen atoms in total. The van der Waals surface area contributed by atoms with E-state index >= 15 is 0 Å². The van der Waals surface area contributed by atoms with Gasteiger partial charge >= 0.3 is 0 Å². The number of hydrogen-bond donors (Lipinski definition) is 3. The maximum atomic E-state index is 11.5. The first-order chi connectivity index (χ1) is 6.77. The van der Waals surface area contributed by atoms with Gasteiger partial charge in [-0.05, 0) is 31.7 Å². The number of carbonyl (C=O) groups is 1. The summed E-state index contributed by atoms with van der Waals surface area (Å²) in [5, 5.41) is 15.5. The van der Waals surface area contributed by atoms with Crippen LogP contribution in [0.25, 0.3) is 0 Å². The summed E-state index contributed by atoms with van der Waals surface area (Å²) in [5.74, 6) is 0.646. The van der Waals surface area contributed by atoms with Crippen LogP contribution in [0.3, 0.4) is 0 Å². The maximum absolute atomic E-state index is 11.5. The van der Waals surface area contributed by atoms with E-state index in [0.29, 0.717) is 12.5 Å². The van der Waals surface area contributed by atoms with Crippen LogP contribution >= 0.6 is 0 Å². The molecule has 0 bridgehead atoms. The van der Waals surface area contributed by atoms with Crippen LogP contribution < -0.4 is 10.6 Å². The van der Waals surface area contributed by atoms with E-state index < -0.39 is 0 Å². The van der Waals surface area contributed by atoms with Crippen LogP contribution in [0.1, 0.15) is 19.3 Å². The van der Waals surface area contributed by atoms with Gasteiger partial charge in [-0.25, -0.2) is 0 Å². The Labute approximate surface area is 84.1 Å². The maximum Gasteiger partial charge on any atom is 0.224 e. The van der Waals surface area contributed by atoms with Crippen molar-refractivity contribution in [2.75, 3.05) is 19.6 Å². The highest BCUT2D eigenvalue weighted by atomic mass is 16.3. The predicted molar refractivity (Wildman–Crippen MR) is 52.7 cm³/mol. The minimum Gasteiger partial charge on any atom is -0.391 e. The van der Waals surface area contributed by atoms with E-state index in [9.17, 15) is 9.90 Å². The zero-order chi connectivity index (χ0) is 9.97. The van der Waals surface area contributed by atoms with Gasteiger partial charge in [-0.1, -0.05) is 0 Å². The molecule has 14 heavy (non-hydrogen) atoms. The third kappa shape index (κ3) is 2.45. The molecule has 2 rings (SSSR count). The zero-order valence-electron chi connectivity index (χ0n) is 8.33. The van der Waals surface area contributed by atoms with Crippen molar-refractivity contribution in [3.05, 3.63) is 0 Å². The van der Waals surface area contributed by atoms with E-state index in [1.54, 1.807) is 0 Å². The largest absolute Gasteiger partial charge is 0.391 e. The molecule has 80 valence electrons. The molecule has 0 spiro atoms. The molecule has 1 amide bonds. The summed E-state index contributed by atoms with van der Waals surface area (Å²) in [5.41, 5.74) is 0. The summed E-state index contributed by atoms with van der Waals surface area (Å²) >= 11 is 0. The quantitative estimate of drug-likeness (QED) is 0.570. The summed E-state index contributed by atoms with van der Waals surface area (Å²) in [6.45, 7) is 2.15. The average Bonchev–Trinajstić information content (AvgIpc) is 2.90. The van der Waals surface area contributed by atoms with Crippen molar-refractivity contribution in [2.45, 2.75) is 25.4 Å². The van der Waals surface area contributed by atoms with E-state index in [4.69, 9.17) is 0 Å². The van der Waals surface area contributed by atoms with E-state index in [0.717, 1.165) is 32.4 Å². The number of rotatable bonds is 4. The lowest BCUT2D eigenvalue weighted by atomic mass is 10.1. The Bertz CT molecular complexity index is 210. The van der Waals surface area contributed by atoms with Crippen LogP contribution in [0.2, 0.25) is 0 Å². The fourth-order valence-electron chi connectivity index (χ4n) is 1.88. The number of hydrogen-bond acceptors (Lipinski definition) is 3. The number of aliphatic hydroxyl groups excluding tert-OH is 1. The molecule has 2 aliphatic rings. The molecule has 0 aromatic heterocycles. The first kappa shape index (κ1) is 9.93. The highest BCUT2D eigenvalue weighted by Gasteiger charge is 2.30. The molecule has 0 aromatic carbocycles. The van der Waals surface area contributed by atoms with Gasteiger partial charge in [0.05, 0.1) is 12.0 Å². The molecule has 0 radical (unpaired) electrons. The normalized spacial score (nSPS) is 28.8. The number of carbonyl (C=O) groups excluding carboxylic acids is 1. The van der Waals surface area contributed by atoms with Crippen molar-refractivity contribution in [1.29, 1.82) is 0 Å². The van der Waals surface area contributed by atoms with Gasteiger partial charge in [-0.3, -0.25) is 4.79 Å². The zero-order valence-corrected chi connectivity index (χ0v) is 8.33. The van der Waals surface area contributed by atoms with Crippen LogP contribution in [-0.2, 0) is 4.79 Å². The first-order valence-electron chi connectivity index (χ1n) is 5.44. The number of amides is 1.